The molecule has 0 aromatic heterocycles. The lowest BCUT2D eigenvalue weighted by Gasteiger charge is -2.31. The lowest BCUT2D eigenvalue weighted by atomic mass is 9.75. The Labute approximate surface area is 125 Å². The van der Waals surface area contributed by atoms with Gasteiger partial charge in [-0.05, 0) is 49.6 Å². The Bertz CT molecular complexity index is 561. The minimum Gasteiger partial charge on any atom is -0.366 e. The van der Waals surface area contributed by atoms with Gasteiger partial charge in [-0.15, -0.1) is 0 Å². The normalized spacial score (nSPS) is 21.5. The summed E-state index contributed by atoms with van der Waals surface area (Å²) in [5.41, 5.74) is 6.91. The SMILES string of the molecule is Cc1cc(C(N)=O)ccc1NC(=O)C1(C(C)C)CCNC1. The van der Waals surface area contributed by atoms with Gasteiger partial charge in [0.25, 0.3) is 0 Å². The van der Waals surface area contributed by atoms with E-state index in [-0.39, 0.29) is 17.2 Å². The van der Waals surface area contributed by atoms with Gasteiger partial charge in [-0.2, -0.15) is 0 Å². The maximum absolute atomic E-state index is 12.7. The van der Waals surface area contributed by atoms with Crippen molar-refractivity contribution in [1.29, 1.82) is 0 Å². The number of benzene rings is 1. The number of aryl methyl sites for hydroxylation is 1. The molecule has 1 aliphatic rings. The summed E-state index contributed by atoms with van der Waals surface area (Å²) < 4.78 is 0. The van der Waals surface area contributed by atoms with E-state index in [0.29, 0.717) is 12.1 Å². The van der Waals surface area contributed by atoms with Crippen LogP contribution in [0.1, 0.15) is 36.2 Å². The molecule has 5 heteroatoms. The van der Waals surface area contributed by atoms with Crippen LogP contribution in [0, 0.1) is 18.3 Å². The Morgan fingerprint density at radius 1 is 1.38 bits per heavy atom. The predicted octanol–water partition coefficient (Wildman–Crippen LogP) is 1.67. The van der Waals surface area contributed by atoms with Crippen molar-refractivity contribution in [1.82, 2.24) is 5.32 Å². The average Bonchev–Trinajstić information content (AvgIpc) is 2.91. The van der Waals surface area contributed by atoms with Crippen LogP contribution in [0.4, 0.5) is 5.69 Å². The van der Waals surface area contributed by atoms with E-state index in [4.69, 9.17) is 5.73 Å². The lowest BCUT2D eigenvalue weighted by molar-refractivity contribution is -0.126. The van der Waals surface area contributed by atoms with E-state index in [9.17, 15) is 9.59 Å². The summed E-state index contributed by atoms with van der Waals surface area (Å²) in [5.74, 6) is -0.162. The number of hydrogen-bond acceptors (Lipinski definition) is 3. The second kappa shape index (κ2) is 5.85. The molecule has 1 aromatic carbocycles. The van der Waals surface area contributed by atoms with E-state index in [1.54, 1.807) is 18.2 Å². The molecule has 21 heavy (non-hydrogen) atoms. The molecular weight excluding hydrogens is 266 g/mol. The summed E-state index contributed by atoms with van der Waals surface area (Å²) >= 11 is 0. The maximum atomic E-state index is 12.7. The van der Waals surface area contributed by atoms with Crippen LogP contribution in [0.3, 0.4) is 0 Å². The first-order chi connectivity index (χ1) is 9.86. The highest BCUT2D eigenvalue weighted by Gasteiger charge is 2.43. The van der Waals surface area contributed by atoms with Crippen LogP contribution in [-0.2, 0) is 4.79 Å². The molecule has 0 radical (unpaired) electrons. The smallest absolute Gasteiger partial charge is 0.248 e. The molecule has 1 atom stereocenters. The Morgan fingerprint density at radius 3 is 2.57 bits per heavy atom. The highest BCUT2D eigenvalue weighted by molar-refractivity contribution is 5.98. The number of carbonyl (C=O) groups excluding carboxylic acids is 2. The van der Waals surface area contributed by atoms with Crippen molar-refractivity contribution in [2.45, 2.75) is 27.2 Å². The minimum absolute atomic E-state index is 0.0393. The molecule has 1 aromatic rings. The Balaban J connectivity index is 2.21. The van der Waals surface area contributed by atoms with Crippen LogP contribution in [0.15, 0.2) is 18.2 Å². The van der Waals surface area contributed by atoms with E-state index < -0.39 is 5.91 Å². The molecule has 1 unspecified atom stereocenters. The number of nitrogens with one attached hydrogen (secondary N) is 2. The van der Waals surface area contributed by atoms with Crippen LogP contribution < -0.4 is 16.4 Å². The van der Waals surface area contributed by atoms with E-state index in [0.717, 1.165) is 24.2 Å². The highest BCUT2D eigenvalue weighted by atomic mass is 16.2. The number of carbonyl (C=O) groups is 2. The molecule has 114 valence electrons. The molecule has 0 saturated carbocycles. The number of anilines is 1. The molecule has 0 spiro atoms. The fourth-order valence-electron chi connectivity index (χ4n) is 2.86. The largest absolute Gasteiger partial charge is 0.366 e. The summed E-state index contributed by atoms with van der Waals surface area (Å²) in [6.45, 7) is 7.59. The molecular formula is C16H23N3O2. The second-order valence-corrected chi connectivity index (χ2v) is 6.09. The summed E-state index contributed by atoms with van der Waals surface area (Å²) in [7, 11) is 0. The first kappa shape index (κ1) is 15.5. The van der Waals surface area contributed by atoms with Crippen LogP contribution >= 0.6 is 0 Å². The van der Waals surface area contributed by atoms with Crippen LogP contribution in [0.25, 0.3) is 0 Å². The number of nitrogens with two attached hydrogens (primary N) is 1. The van der Waals surface area contributed by atoms with Crippen molar-refractivity contribution < 1.29 is 9.59 Å². The first-order valence-corrected chi connectivity index (χ1v) is 7.29. The summed E-state index contributed by atoms with van der Waals surface area (Å²) in [6.07, 6.45) is 0.842. The third-order valence-corrected chi connectivity index (χ3v) is 4.50. The molecule has 1 fully saturated rings. The third-order valence-electron chi connectivity index (χ3n) is 4.50. The standard InChI is InChI=1S/C16H23N3O2/c1-10(2)16(6-7-18-9-16)15(21)19-13-5-4-12(14(17)20)8-11(13)3/h4-5,8,10,18H,6-7,9H2,1-3H3,(H2,17,20)(H,19,21). The van der Waals surface area contributed by atoms with Gasteiger partial charge >= 0.3 is 0 Å². The van der Waals surface area contributed by atoms with Crippen LogP contribution in [0.5, 0.6) is 0 Å². The topological polar surface area (TPSA) is 84.2 Å². The van der Waals surface area contributed by atoms with Crippen LogP contribution in [-0.4, -0.2) is 24.9 Å². The van der Waals surface area contributed by atoms with Gasteiger partial charge in [0.2, 0.25) is 11.8 Å². The van der Waals surface area contributed by atoms with E-state index in [1.165, 1.54) is 0 Å². The summed E-state index contributed by atoms with van der Waals surface area (Å²) in [6, 6.07) is 5.08. The van der Waals surface area contributed by atoms with Gasteiger partial charge in [-0.25, -0.2) is 0 Å². The third kappa shape index (κ3) is 2.93. The van der Waals surface area contributed by atoms with Crippen molar-refractivity contribution in [3.63, 3.8) is 0 Å². The number of amides is 2. The van der Waals surface area contributed by atoms with E-state index in [2.05, 4.69) is 24.5 Å². The monoisotopic (exact) mass is 289 g/mol. The molecule has 5 nitrogen and oxygen atoms in total. The molecule has 4 N–H and O–H groups in total. The van der Waals surface area contributed by atoms with Crippen molar-refractivity contribution >= 4 is 17.5 Å². The zero-order valence-corrected chi connectivity index (χ0v) is 12.8. The van der Waals surface area contributed by atoms with Gasteiger partial charge in [0.05, 0.1) is 5.41 Å². The lowest BCUT2D eigenvalue weighted by Crippen LogP contribution is -2.42. The number of rotatable bonds is 4. The fraction of sp³-hybridized carbons (Fsp3) is 0.500. The molecule has 0 aliphatic carbocycles. The van der Waals surface area contributed by atoms with Gasteiger partial charge in [-0.1, -0.05) is 13.8 Å². The van der Waals surface area contributed by atoms with Gasteiger partial charge in [0.1, 0.15) is 0 Å². The van der Waals surface area contributed by atoms with Gasteiger partial charge in [0.15, 0.2) is 0 Å². The zero-order valence-electron chi connectivity index (χ0n) is 12.8. The van der Waals surface area contributed by atoms with Crippen molar-refractivity contribution in [2.75, 3.05) is 18.4 Å². The quantitative estimate of drug-likeness (QED) is 0.788. The van der Waals surface area contributed by atoms with E-state index in [1.807, 2.05) is 6.92 Å². The molecule has 2 amide bonds. The fourth-order valence-corrected chi connectivity index (χ4v) is 2.86. The van der Waals surface area contributed by atoms with Crippen molar-refractivity contribution in [3.05, 3.63) is 29.3 Å². The summed E-state index contributed by atoms with van der Waals surface area (Å²) in [5, 5.41) is 6.29. The van der Waals surface area contributed by atoms with E-state index >= 15 is 0 Å². The number of primary amides is 1. The van der Waals surface area contributed by atoms with Crippen LogP contribution in [0.2, 0.25) is 0 Å². The Morgan fingerprint density at radius 2 is 2.10 bits per heavy atom. The first-order valence-electron chi connectivity index (χ1n) is 7.29. The maximum Gasteiger partial charge on any atom is 0.248 e. The van der Waals surface area contributed by atoms with Gasteiger partial charge < -0.3 is 16.4 Å². The highest BCUT2D eigenvalue weighted by Crippen LogP contribution is 2.35. The minimum atomic E-state index is -0.463. The molecule has 0 bridgehead atoms. The predicted molar refractivity (Wildman–Crippen MR) is 83.1 cm³/mol. The molecule has 1 heterocycles. The van der Waals surface area contributed by atoms with Gasteiger partial charge in [-0.3, -0.25) is 9.59 Å². The Kier molecular flexibility index (Phi) is 4.32. The molecule has 2 rings (SSSR count). The zero-order chi connectivity index (χ0) is 15.6. The number of hydrogen-bond donors (Lipinski definition) is 3. The summed E-state index contributed by atoms with van der Waals surface area (Å²) in [4.78, 5) is 23.9. The molecule has 1 saturated heterocycles. The van der Waals surface area contributed by atoms with Crippen molar-refractivity contribution in [3.8, 4) is 0 Å². The average molecular weight is 289 g/mol. The molecule has 1 aliphatic heterocycles. The van der Waals surface area contributed by atoms with Crippen molar-refractivity contribution in [2.24, 2.45) is 17.1 Å². The second-order valence-electron chi connectivity index (χ2n) is 6.09. The van der Waals surface area contributed by atoms with Gasteiger partial charge in [0, 0.05) is 17.8 Å². The Hall–Kier alpha value is -1.88.